The molecule has 0 aliphatic heterocycles. The minimum absolute atomic E-state index is 0.133. The van der Waals surface area contributed by atoms with Gasteiger partial charge in [-0.25, -0.2) is 0 Å². The normalized spacial score (nSPS) is 13.7. The summed E-state index contributed by atoms with van der Waals surface area (Å²) < 4.78 is 5.71. The number of nitrogens with two attached hydrogens (primary N) is 1. The monoisotopic (exact) mass is 292 g/mol. The summed E-state index contributed by atoms with van der Waals surface area (Å²) in [7, 11) is 0. The first-order valence-corrected chi connectivity index (χ1v) is 7.84. The minimum atomic E-state index is -0.456. The van der Waals surface area contributed by atoms with E-state index in [4.69, 9.17) is 10.5 Å². The lowest BCUT2D eigenvalue weighted by molar-refractivity contribution is -0.127. The van der Waals surface area contributed by atoms with Crippen LogP contribution in [0, 0.1) is 5.92 Å². The topological polar surface area (TPSA) is 64.3 Å². The molecule has 1 aromatic rings. The molecule has 4 nitrogen and oxygen atoms in total. The Bertz CT molecular complexity index is 435. The van der Waals surface area contributed by atoms with Gasteiger partial charge in [-0.3, -0.25) is 4.79 Å². The Balaban J connectivity index is 2.40. The van der Waals surface area contributed by atoms with Crippen molar-refractivity contribution >= 4 is 17.3 Å². The number of nitrogen functional groups attached to an aromatic ring is 1. The standard InChI is InChI=1S/C17H28N2O2/c1-4-6-8-14(5-2)12-21-13(3)17(20)19-16-10-7-9-15(18)11-16/h7,9-11,13-14H,4-6,8,12,18H2,1-3H3,(H,19,20). The first-order valence-electron chi connectivity index (χ1n) is 7.84. The second kappa shape index (κ2) is 9.40. The van der Waals surface area contributed by atoms with Gasteiger partial charge in [0, 0.05) is 11.4 Å². The van der Waals surface area contributed by atoms with Crippen LogP contribution in [0.3, 0.4) is 0 Å². The molecule has 0 aliphatic rings. The summed E-state index contributed by atoms with van der Waals surface area (Å²) in [5.74, 6) is 0.401. The van der Waals surface area contributed by atoms with E-state index in [1.807, 2.05) is 12.1 Å². The number of anilines is 2. The van der Waals surface area contributed by atoms with Crippen molar-refractivity contribution in [3.63, 3.8) is 0 Å². The largest absolute Gasteiger partial charge is 0.399 e. The Kier molecular flexibility index (Phi) is 7.83. The maximum Gasteiger partial charge on any atom is 0.253 e. The Labute approximate surface area is 128 Å². The predicted octanol–water partition coefficient (Wildman–Crippen LogP) is 3.83. The minimum Gasteiger partial charge on any atom is -0.399 e. The number of ether oxygens (including phenoxy) is 1. The van der Waals surface area contributed by atoms with E-state index < -0.39 is 6.10 Å². The Morgan fingerprint density at radius 1 is 1.38 bits per heavy atom. The van der Waals surface area contributed by atoms with Gasteiger partial charge in [0.15, 0.2) is 0 Å². The molecular weight excluding hydrogens is 264 g/mol. The first kappa shape index (κ1) is 17.5. The summed E-state index contributed by atoms with van der Waals surface area (Å²) >= 11 is 0. The van der Waals surface area contributed by atoms with E-state index in [1.165, 1.54) is 12.8 Å². The summed E-state index contributed by atoms with van der Waals surface area (Å²) in [6.07, 6.45) is 4.20. The van der Waals surface area contributed by atoms with Gasteiger partial charge >= 0.3 is 0 Å². The number of carbonyl (C=O) groups is 1. The number of carbonyl (C=O) groups excluding carboxylic acids is 1. The van der Waals surface area contributed by atoms with Crippen molar-refractivity contribution in [1.29, 1.82) is 0 Å². The molecule has 1 aromatic carbocycles. The van der Waals surface area contributed by atoms with Crippen LogP contribution < -0.4 is 11.1 Å². The fraction of sp³-hybridized carbons (Fsp3) is 0.588. The SMILES string of the molecule is CCCCC(CC)COC(C)C(=O)Nc1cccc(N)c1. The fourth-order valence-electron chi connectivity index (χ4n) is 2.11. The molecule has 0 aliphatic carbocycles. The van der Waals surface area contributed by atoms with Gasteiger partial charge in [0.05, 0.1) is 6.61 Å². The summed E-state index contributed by atoms with van der Waals surface area (Å²) in [5.41, 5.74) is 7.02. The van der Waals surface area contributed by atoms with Crippen molar-refractivity contribution in [1.82, 2.24) is 0 Å². The summed E-state index contributed by atoms with van der Waals surface area (Å²) in [4.78, 5) is 12.1. The fourth-order valence-corrected chi connectivity index (χ4v) is 2.11. The average Bonchev–Trinajstić information content (AvgIpc) is 2.47. The summed E-state index contributed by atoms with van der Waals surface area (Å²) in [6.45, 7) is 6.78. The Morgan fingerprint density at radius 2 is 2.14 bits per heavy atom. The zero-order chi connectivity index (χ0) is 15.7. The third-order valence-electron chi connectivity index (χ3n) is 3.65. The van der Waals surface area contributed by atoms with Gasteiger partial charge in [0.25, 0.3) is 5.91 Å². The molecule has 0 saturated carbocycles. The highest BCUT2D eigenvalue weighted by atomic mass is 16.5. The van der Waals surface area contributed by atoms with Gasteiger partial charge in [-0.2, -0.15) is 0 Å². The lowest BCUT2D eigenvalue weighted by atomic mass is 10.0. The van der Waals surface area contributed by atoms with E-state index in [9.17, 15) is 4.79 Å². The third-order valence-corrected chi connectivity index (χ3v) is 3.65. The van der Waals surface area contributed by atoms with Crippen molar-refractivity contribution in [3.05, 3.63) is 24.3 Å². The molecule has 1 rings (SSSR count). The van der Waals surface area contributed by atoms with Gasteiger partial charge in [0.2, 0.25) is 0 Å². The zero-order valence-corrected chi connectivity index (χ0v) is 13.4. The molecule has 0 heterocycles. The van der Waals surface area contributed by atoms with Crippen molar-refractivity contribution in [2.24, 2.45) is 5.92 Å². The van der Waals surface area contributed by atoms with E-state index in [0.29, 0.717) is 23.9 Å². The van der Waals surface area contributed by atoms with Gasteiger partial charge < -0.3 is 15.8 Å². The molecule has 118 valence electrons. The van der Waals surface area contributed by atoms with Crippen LogP contribution >= 0.6 is 0 Å². The second-order valence-corrected chi connectivity index (χ2v) is 5.51. The van der Waals surface area contributed by atoms with Gasteiger partial charge in [-0.15, -0.1) is 0 Å². The molecule has 0 radical (unpaired) electrons. The van der Waals surface area contributed by atoms with Crippen LogP contribution in [-0.2, 0) is 9.53 Å². The number of hydrogen-bond acceptors (Lipinski definition) is 3. The smallest absolute Gasteiger partial charge is 0.253 e. The summed E-state index contributed by atoms with van der Waals surface area (Å²) in [5, 5.41) is 2.82. The number of rotatable bonds is 9. The maximum atomic E-state index is 12.1. The predicted molar refractivity (Wildman–Crippen MR) is 88.2 cm³/mol. The molecule has 21 heavy (non-hydrogen) atoms. The number of amides is 1. The summed E-state index contributed by atoms with van der Waals surface area (Å²) in [6, 6.07) is 7.15. The number of hydrogen-bond donors (Lipinski definition) is 2. The van der Waals surface area contributed by atoms with Crippen molar-refractivity contribution < 1.29 is 9.53 Å². The molecule has 1 amide bonds. The number of nitrogens with one attached hydrogen (secondary N) is 1. The molecule has 0 saturated heterocycles. The molecule has 0 spiro atoms. The van der Waals surface area contributed by atoms with Crippen molar-refractivity contribution in [2.45, 2.75) is 52.6 Å². The highest BCUT2D eigenvalue weighted by Gasteiger charge is 2.16. The van der Waals surface area contributed by atoms with E-state index in [1.54, 1.807) is 19.1 Å². The molecule has 0 aromatic heterocycles. The molecule has 2 unspecified atom stereocenters. The molecule has 0 bridgehead atoms. The molecule has 3 N–H and O–H groups in total. The lowest BCUT2D eigenvalue weighted by Gasteiger charge is -2.18. The quantitative estimate of drug-likeness (QED) is 0.680. The van der Waals surface area contributed by atoms with Crippen LogP contribution in [0.25, 0.3) is 0 Å². The highest BCUT2D eigenvalue weighted by molar-refractivity contribution is 5.94. The van der Waals surface area contributed by atoms with E-state index >= 15 is 0 Å². The molecular formula is C17H28N2O2. The van der Waals surface area contributed by atoms with Gasteiger partial charge in [-0.1, -0.05) is 39.2 Å². The van der Waals surface area contributed by atoms with Gasteiger partial charge in [-0.05, 0) is 37.5 Å². The molecule has 4 heteroatoms. The number of benzene rings is 1. The highest BCUT2D eigenvalue weighted by Crippen LogP contribution is 2.15. The van der Waals surface area contributed by atoms with E-state index in [0.717, 1.165) is 12.8 Å². The van der Waals surface area contributed by atoms with Crippen LogP contribution in [0.5, 0.6) is 0 Å². The third kappa shape index (κ3) is 6.63. The second-order valence-electron chi connectivity index (χ2n) is 5.51. The lowest BCUT2D eigenvalue weighted by Crippen LogP contribution is -2.29. The van der Waals surface area contributed by atoms with Crippen LogP contribution in [0.1, 0.15) is 46.5 Å². The average molecular weight is 292 g/mol. The van der Waals surface area contributed by atoms with Crippen molar-refractivity contribution in [3.8, 4) is 0 Å². The van der Waals surface area contributed by atoms with Crippen LogP contribution in [0.15, 0.2) is 24.3 Å². The van der Waals surface area contributed by atoms with Crippen LogP contribution in [0.4, 0.5) is 11.4 Å². The molecule has 0 fully saturated rings. The van der Waals surface area contributed by atoms with Gasteiger partial charge in [0.1, 0.15) is 6.10 Å². The van der Waals surface area contributed by atoms with E-state index in [2.05, 4.69) is 19.2 Å². The Hall–Kier alpha value is -1.55. The van der Waals surface area contributed by atoms with Crippen LogP contribution in [0.2, 0.25) is 0 Å². The van der Waals surface area contributed by atoms with Crippen LogP contribution in [-0.4, -0.2) is 18.6 Å². The Morgan fingerprint density at radius 3 is 2.76 bits per heavy atom. The maximum absolute atomic E-state index is 12.1. The zero-order valence-electron chi connectivity index (χ0n) is 13.4. The first-order chi connectivity index (χ1) is 10.1. The van der Waals surface area contributed by atoms with Crippen molar-refractivity contribution in [2.75, 3.05) is 17.7 Å². The molecule has 2 atom stereocenters. The van der Waals surface area contributed by atoms with E-state index in [-0.39, 0.29) is 5.91 Å². The number of unbranched alkanes of at least 4 members (excludes halogenated alkanes) is 1.